The van der Waals surface area contributed by atoms with Crippen molar-refractivity contribution in [3.8, 4) is 22.9 Å². The first-order valence-electron chi connectivity index (χ1n) is 8.89. The lowest BCUT2D eigenvalue weighted by Gasteiger charge is -2.09. The number of nitrogens with zero attached hydrogens (tertiary/aromatic N) is 3. The normalized spacial score (nSPS) is 11.9. The molecule has 0 N–H and O–H groups in total. The van der Waals surface area contributed by atoms with Gasteiger partial charge in [-0.15, -0.1) is 5.10 Å². The minimum absolute atomic E-state index is 0.180. The Kier molecular flexibility index (Phi) is 4.83. The number of aromatic nitrogens is 3. The second kappa shape index (κ2) is 7.44. The quantitative estimate of drug-likeness (QED) is 0.521. The lowest BCUT2D eigenvalue weighted by molar-refractivity contribution is 0.311. The van der Waals surface area contributed by atoms with Gasteiger partial charge in [-0.05, 0) is 43.2 Å². The molecule has 28 heavy (non-hydrogen) atoms. The summed E-state index contributed by atoms with van der Waals surface area (Å²) in [7, 11) is 1.59. The van der Waals surface area contributed by atoms with Gasteiger partial charge in [0.15, 0.2) is 17.3 Å². The summed E-state index contributed by atoms with van der Waals surface area (Å²) < 4.78 is 12.8. The van der Waals surface area contributed by atoms with Crippen molar-refractivity contribution in [3.63, 3.8) is 0 Å². The largest absolute Gasteiger partial charge is 0.493 e. The van der Waals surface area contributed by atoms with E-state index in [4.69, 9.17) is 9.47 Å². The van der Waals surface area contributed by atoms with Gasteiger partial charge < -0.3 is 9.47 Å². The van der Waals surface area contributed by atoms with E-state index in [1.165, 1.54) is 15.9 Å². The summed E-state index contributed by atoms with van der Waals surface area (Å²) in [6.07, 6.45) is 1.81. The maximum absolute atomic E-state index is 12.8. The maximum atomic E-state index is 12.8. The Morgan fingerprint density at radius 2 is 2.00 bits per heavy atom. The van der Waals surface area contributed by atoms with Crippen LogP contribution in [0.25, 0.3) is 22.4 Å². The predicted octanol–water partition coefficient (Wildman–Crippen LogP) is 3.08. The van der Waals surface area contributed by atoms with Gasteiger partial charge in [-0.3, -0.25) is 4.79 Å². The van der Waals surface area contributed by atoms with Crippen LogP contribution in [-0.4, -0.2) is 28.3 Å². The van der Waals surface area contributed by atoms with E-state index in [1.54, 1.807) is 7.11 Å². The molecule has 142 valence electrons. The van der Waals surface area contributed by atoms with Crippen LogP contribution >= 0.6 is 11.3 Å². The first kappa shape index (κ1) is 18.2. The first-order chi connectivity index (χ1) is 13.6. The van der Waals surface area contributed by atoms with Crippen molar-refractivity contribution in [2.24, 2.45) is 0 Å². The number of benzene rings is 2. The summed E-state index contributed by atoms with van der Waals surface area (Å²) in [4.78, 5) is 17.9. The molecule has 0 saturated heterocycles. The third-order valence-corrected chi connectivity index (χ3v) is 5.31. The highest BCUT2D eigenvalue weighted by atomic mass is 32.1. The van der Waals surface area contributed by atoms with Crippen LogP contribution in [0.4, 0.5) is 0 Å². The van der Waals surface area contributed by atoms with Crippen molar-refractivity contribution in [2.45, 2.75) is 13.8 Å². The average Bonchev–Trinajstić information content (AvgIpc) is 3.23. The van der Waals surface area contributed by atoms with Crippen molar-refractivity contribution >= 4 is 22.4 Å². The molecule has 2 aromatic heterocycles. The molecule has 4 aromatic rings. The fourth-order valence-electron chi connectivity index (χ4n) is 2.97. The molecule has 0 fully saturated rings. The molecule has 2 heterocycles. The van der Waals surface area contributed by atoms with E-state index in [2.05, 4.69) is 10.1 Å². The first-order valence-corrected chi connectivity index (χ1v) is 9.70. The Balaban J connectivity index is 1.76. The monoisotopic (exact) mass is 393 g/mol. The maximum Gasteiger partial charge on any atom is 0.291 e. The number of hydrogen-bond acceptors (Lipinski definition) is 6. The molecule has 0 atom stereocenters. The third-order valence-electron chi connectivity index (χ3n) is 4.35. The number of methoxy groups -OCH3 is 1. The third kappa shape index (κ3) is 3.25. The smallest absolute Gasteiger partial charge is 0.291 e. The molecular weight excluding hydrogens is 374 g/mol. The second-order valence-electron chi connectivity index (χ2n) is 6.20. The van der Waals surface area contributed by atoms with Gasteiger partial charge >= 0.3 is 0 Å². The van der Waals surface area contributed by atoms with Crippen LogP contribution in [0, 0.1) is 6.92 Å². The Bertz CT molecular complexity index is 1260. The van der Waals surface area contributed by atoms with Gasteiger partial charge in [0.05, 0.1) is 18.2 Å². The molecule has 0 amide bonds. The topological polar surface area (TPSA) is 65.7 Å². The molecule has 0 saturated carbocycles. The fraction of sp³-hybridized carbons (Fsp3) is 0.190. The number of thiazole rings is 1. The van der Waals surface area contributed by atoms with Crippen LogP contribution in [0.5, 0.6) is 11.5 Å². The van der Waals surface area contributed by atoms with Crippen molar-refractivity contribution in [1.29, 1.82) is 0 Å². The van der Waals surface area contributed by atoms with Gasteiger partial charge in [0.25, 0.3) is 5.56 Å². The lowest BCUT2D eigenvalue weighted by Crippen LogP contribution is -2.23. The average molecular weight is 393 g/mol. The number of ether oxygens (including phenoxy) is 2. The van der Waals surface area contributed by atoms with E-state index in [1.807, 2.05) is 62.4 Å². The Labute approximate surface area is 165 Å². The van der Waals surface area contributed by atoms with Gasteiger partial charge in [0.2, 0.25) is 4.96 Å². The molecule has 0 unspecified atom stereocenters. The molecule has 0 bridgehead atoms. The highest BCUT2D eigenvalue weighted by Crippen LogP contribution is 2.28. The van der Waals surface area contributed by atoms with Gasteiger partial charge in [-0.1, -0.05) is 41.7 Å². The minimum Gasteiger partial charge on any atom is -0.493 e. The van der Waals surface area contributed by atoms with Gasteiger partial charge in [0.1, 0.15) is 0 Å². The van der Waals surface area contributed by atoms with E-state index in [0.29, 0.717) is 33.4 Å². The molecule has 6 nitrogen and oxygen atoms in total. The van der Waals surface area contributed by atoms with E-state index in [-0.39, 0.29) is 5.56 Å². The highest BCUT2D eigenvalue weighted by molar-refractivity contribution is 7.15. The Hall–Kier alpha value is -3.19. The fourth-order valence-corrected chi connectivity index (χ4v) is 3.88. The zero-order valence-electron chi connectivity index (χ0n) is 15.8. The second-order valence-corrected chi connectivity index (χ2v) is 7.21. The molecule has 4 rings (SSSR count). The van der Waals surface area contributed by atoms with Crippen LogP contribution in [0.2, 0.25) is 0 Å². The van der Waals surface area contributed by atoms with Crippen LogP contribution in [0.1, 0.15) is 18.1 Å². The number of fused-ring (bicyclic) bond motifs is 1. The molecule has 0 aliphatic heterocycles. The Morgan fingerprint density at radius 3 is 2.71 bits per heavy atom. The molecular formula is C21H19N3O3S. The highest BCUT2D eigenvalue weighted by Gasteiger charge is 2.13. The van der Waals surface area contributed by atoms with E-state index in [9.17, 15) is 4.79 Å². The van der Waals surface area contributed by atoms with Crippen molar-refractivity contribution in [3.05, 3.63) is 68.5 Å². The summed E-state index contributed by atoms with van der Waals surface area (Å²) in [6, 6.07) is 13.4. The Morgan fingerprint density at radius 1 is 1.18 bits per heavy atom. The molecule has 0 aliphatic carbocycles. The van der Waals surface area contributed by atoms with Gasteiger partial charge in [-0.25, -0.2) is 0 Å². The zero-order chi connectivity index (χ0) is 19.7. The molecule has 7 heteroatoms. The standard InChI is InChI=1S/C21H19N3O3S/c1-4-27-16-10-9-14(11-17(16)26-3)12-18-20(25)24-21(28-18)22-19(23-24)15-8-6-5-7-13(15)2/h5-12H,4H2,1-3H3/b18-12+. The van der Waals surface area contributed by atoms with Crippen LogP contribution in [0.3, 0.4) is 0 Å². The number of rotatable bonds is 5. The SMILES string of the molecule is CCOc1ccc(/C=c2/sc3nc(-c4ccccc4C)nn3c2=O)cc1OC. The van der Waals surface area contributed by atoms with Crippen molar-refractivity contribution in [1.82, 2.24) is 14.6 Å². The summed E-state index contributed by atoms with van der Waals surface area (Å²) >= 11 is 1.32. The molecule has 0 spiro atoms. The lowest BCUT2D eigenvalue weighted by atomic mass is 10.1. The number of aryl methyl sites for hydroxylation is 1. The van der Waals surface area contributed by atoms with Crippen LogP contribution < -0.4 is 19.6 Å². The predicted molar refractivity (Wildman–Crippen MR) is 110 cm³/mol. The van der Waals surface area contributed by atoms with Crippen LogP contribution in [0.15, 0.2) is 47.3 Å². The van der Waals surface area contributed by atoms with E-state index in [0.717, 1.165) is 16.7 Å². The van der Waals surface area contributed by atoms with Crippen molar-refractivity contribution < 1.29 is 9.47 Å². The minimum atomic E-state index is -0.180. The molecule has 0 radical (unpaired) electrons. The summed E-state index contributed by atoms with van der Waals surface area (Å²) in [5.74, 6) is 1.87. The van der Waals surface area contributed by atoms with Gasteiger partial charge in [0, 0.05) is 5.56 Å². The van der Waals surface area contributed by atoms with Crippen molar-refractivity contribution in [2.75, 3.05) is 13.7 Å². The number of hydrogen-bond donors (Lipinski definition) is 0. The van der Waals surface area contributed by atoms with E-state index < -0.39 is 0 Å². The van der Waals surface area contributed by atoms with Crippen LogP contribution in [-0.2, 0) is 0 Å². The zero-order valence-corrected chi connectivity index (χ0v) is 16.6. The summed E-state index contributed by atoms with van der Waals surface area (Å²) in [5, 5.41) is 4.42. The molecule has 2 aromatic carbocycles. The van der Waals surface area contributed by atoms with Gasteiger partial charge in [-0.2, -0.15) is 9.50 Å². The van der Waals surface area contributed by atoms with E-state index >= 15 is 0 Å². The summed E-state index contributed by atoms with van der Waals surface area (Å²) in [5.41, 5.74) is 2.67. The summed E-state index contributed by atoms with van der Waals surface area (Å²) in [6.45, 7) is 4.48. The molecule has 0 aliphatic rings.